The molecule has 0 amide bonds. The van der Waals surface area contributed by atoms with Gasteiger partial charge in [-0.15, -0.1) is 11.3 Å². The zero-order chi connectivity index (χ0) is 15.3. The molecule has 0 spiro atoms. The van der Waals surface area contributed by atoms with Gasteiger partial charge in [0.25, 0.3) is 0 Å². The van der Waals surface area contributed by atoms with Crippen molar-refractivity contribution in [1.29, 1.82) is 0 Å². The standard InChI is InChI=1S/C18H16F2OS/c1-10-6-7-12-13-8-9-14(21-11-4-2-3-5-11)16(20)18(13)22-17(12)15(10)19/h6-9,11H,2-5H2,1H3. The normalized spacial score (nSPS) is 16.0. The molecule has 1 aromatic heterocycles. The fraction of sp³-hybridized carbons (Fsp3) is 0.333. The van der Waals surface area contributed by atoms with Crippen LogP contribution in [0, 0.1) is 18.6 Å². The maximum Gasteiger partial charge on any atom is 0.182 e. The Labute approximate surface area is 131 Å². The van der Waals surface area contributed by atoms with E-state index in [0.29, 0.717) is 20.7 Å². The van der Waals surface area contributed by atoms with E-state index in [0.717, 1.165) is 36.5 Å². The number of hydrogen-bond acceptors (Lipinski definition) is 2. The Kier molecular flexibility index (Phi) is 3.30. The summed E-state index contributed by atoms with van der Waals surface area (Å²) in [6.07, 6.45) is 4.36. The van der Waals surface area contributed by atoms with E-state index in [1.807, 2.05) is 12.1 Å². The van der Waals surface area contributed by atoms with Crippen LogP contribution in [-0.4, -0.2) is 6.10 Å². The first-order valence-electron chi connectivity index (χ1n) is 7.61. The molecule has 1 aliphatic carbocycles. The molecule has 0 atom stereocenters. The van der Waals surface area contributed by atoms with Crippen LogP contribution in [0.1, 0.15) is 31.2 Å². The minimum atomic E-state index is -0.359. The fourth-order valence-corrected chi connectivity index (χ4v) is 4.42. The van der Waals surface area contributed by atoms with Gasteiger partial charge in [-0.05, 0) is 50.3 Å². The van der Waals surface area contributed by atoms with Crippen molar-refractivity contribution in [2.24, 2.45) is 0 Å². The molecular formula is C18H16F2OS. The number of aryl methyl sites for hydroxylation is 1. The molecule has 1 fully saturated rings. The van der Waals surface area contributed by atoms with Crippen LogP contribution in [0.4, 0.5) is 8.78 Å². The van der Waals surface area contributed by atoms with Crippen LogP contribution in [0.25, 0.3) is 20.2 Å². The number of hydrogen-bond donors (Lipinski definition) is 0. The number of fused-ring (bicyclic) bond motifs is 3. The molecule has 1 saturated carbocycles. The summed E-state index contributed by atoms with van der Waals surface area (Å²) in [4.78, 5) is 0. The Bertz CT molecular complexity index is 863. The fourth-order valence-electron chi connectivity index (χ4n) is 3.20. The van der Waals surface area contributed by atoms with Crippen molar-refractivity contribution in [2.75, 3.05) is 0 Å². The van der Waals surface area contributed by atoms with Gasteiger partial charge in [-0.3, -0.25) is 0 Å². The molecule has 0 radical (unpaired) electrons. The van der Waals surface area contributed by atoms with Crippen molar-refractivity contribution in [3.8, 4) is 5.75 Å². The van der Waals surface area contributed by atoms with E-state index in [1.54, 1.807) is 19.1 Å². The number of ether oxygens (including phenoxy) is 1. The highest BCUT2D eigenvalue weighted by Gasteiger charge is 2.21. The molecule has 3 aromatic rings. The molecule has 2 aromatic carbocycles. The van der Waals surface area contributed by atoms with E-state index in [1.165, 1.54) is 11.3 Å². The van der Waals surface area contributed by atoms with Gasteiger partial charge >= 0.3 is 0 Å². The number of benzene rings is 2. The van der Waals surface area contributed by atoms with Crippen molar-refractivity contribution in [3.05, 3.63) is 41.5 Å². The molecule has 0 aliphatic heterocycles. The van der Waals surface area contributed by atoms with Gasteiger partial charge in [0.15, 0.2) is 11.6 Å². The van der Waals surface area contributed by atoms with Gasteiger partial charge in [-0.1, -0.05) is 12.1 Å². The maximum atomic E-state index is 14.8. The lowest BCUT2D eigenvalue weighted by Gasteiger charge is -2.13. The second kappa shape index (κ2) is 5.20. The molecule has 1 nitrogen and oxygen atoms in total. The molecule has 4 heteroatoms. The average Bonchev–Trinajstić information content (AvgIpc) is 3.14. The van der Waals surface area contributed by atoms with Gasteiger partial charge in [0.05, 0.1) is 15.5 Å². The van der Waals surface area contributed by atoms with Crippen LogP contribution in [0.15, 0.2) is 24.3 Å². The van der Waals surface area contributed by atoms with Crippen molar-refractivity contribution >= 4 is 31.5 Å². The highest BCUT2D eigenvalue weighted by Crippen LogP contribution is 2.40. The van der Waals surface area contributed by atoms with Crippen LogP contribution in [0.2, 0.25) is 0 Å². The summed E-state index contributed by atoms with van der Waals surface area (Å²) in [5, 5.41) is 1.53. The monoisotopic (exact) mass is 318 g/mol. The molecule has 0 saturated heterocycles. The predicted molar refractivity (Wildman–Crippen MR) is 86.9 cm³/mol. The Balaban J connectivity index is 1.87. The van der Waals surface area contributed by atoms with Gasteiger partial charge in [-0.25, -0.2) is 8.78 Å². The molecule has 114 valence electrons. The molecular weight excluding hydrogens is 302 g/mol. The van der Waals surface area contributed by atoms with Crippen molar-refractivity contribution in [3.63, 3.8) is 0 Å². The molecule has 0 unspecified atom stereocenters. The third kappa shape index (κ3) is 2.09. The summed E-state index contributed by atoms with van der Waals surface area (Å²) >= 11 is 1.17. The molecule has 1 heterocycles. The summed E-state index contributed by atoms with van der Waals surface area (Å²) in [5.74, 6) is -0.317. The van der Waals surface area contributed by atoms with Crippen LogP contribution in [0.3, 0.4) is 0 Å². The second-order valence-corrected chi connectivity index (χ2v) is 6.97. The van der Waals surface area contributed by atoms with E-state index in [-0.39, 0.29) is 17.7 Å². The lowest BCUT2D eigenvalue weighted by atomic mass is 10.1. The quantitative estimate of drug-likeness (QED) is 0.566. The molecule has 0 N–H and O–H groups in total. The Morgan fingerprint density at radius 2 is 1.59 bits per heavy atom. The van der Waals surface area contributed by atoms with Gasteiger partial charge < -0.3 is 4.74 Å². The largest absolute Gasteiger partial charge is 0.487 e. The summed E-state index contributed by atoms with van der Waals surface area (Å²) in [6.45, 7) is 1.73. The summed E-state index contributed by atoms with van der Waals surface area (Å²) in [6, 6.07) is 7.13. The van der Waals surface area contributed by atoms with Gasteiger partial charge in [-0.2, -0.15) is 0 Å². The van der Waals surface area contributed by atoms with Gasteiger partial charge in [0.1, 0.15) is 5.82 Å². The SMILES string of the molecule is Cc1ccc2c(sc3c(F)c(OC4CCCC4)ccc32)c1F. The summed E-state index contributed by atoms with van der Waals surface area (Å²) in [5.41, 5.74) is 0.585. The third-order valence-corrected chi connectivity index (χ3v) is 5.65. The molecule has 4 rings (SSSR count). The van der Waals surface area contributed by atoms with Crippen molar-refractivity contribution in [1.82, 2.24) is 0 Å². The third-order valence-electron chi connectivity index (χ3n) is 4.44. The second-order valence-electron chi connectivity index (χ2n) is 5.95. The number of rotatable bonds is 2. The lowest BCUT2D eigenvalue weighted by molar-refractivity contribution is 0.201. The summed E-state index contributed by atoms with van der Waals surface area (Å²) < 4.78 is 35.8. The van der Waals surface area contributed by atoms with Gasteiger partial charge in [0.2, 0.25) is 0 Å². The van der Waals surface area contributed by atoms with Crippen LogP contribution < -0.4 is 4.74 Å². The van der Waals surface area contributed by atoms with Crippen molar-refractivity contribution in [2.45, 2.75) is 38.7 Å². The smallest absolute Gasteiger partial charge is 0.182 e. The number of thiophene rings is 1. The van der Waals surface area contributed by atoms with E-state index < -0.39 is 0 Å². The maximum absolute atomic E-state index is 14.8. The zero-order valence-corrected chi connectivity index (χ0v) is 13.1. The van der Waals surface area contributed by atoms with E-state index in [2.05, 4.69) is 0 Å². The first-order valence-corrected chi connectivity index (χ1v) is 8.43. The van der Waals surface area contributed by atoms with E-state index in [9.17, 15) is 8.78 Å². The predicted octanol–water partition coefficient (Wildman–Crippen LogP) is 5.96. The Morgan fingerprint density at radius 3 is 2.32 bits per heavy atom. The minimum Gasteiger partial charge on any atom is -0.487 e. The first kappa shape index (κ1) is 13.9. The topological polar surface area (TPSA) is 9.23 Å². The molecule has 0 bridgehead atoms. The van der Waals surface area contributed by atoms with Crippen LogP contribution in [0.5, 0.6) is 5.75 Å². The van der Waals surface area contributed by atoms with E-state index in [4.69, 9.17) is 4.74 Å². The minimum absolute atomic E-state index is 0.111. The van der Waals surface area contributed by atoms with Crippen molar-refractivity contribution < 1.29 is 13.5 Å². The van der Waals surface area contributed by atoms with E-state index >= 15 is 0 Å². The summed E-state index contributed by atoms with van der Waals surface area (Å²) in [7, 11) is 0. The molecule has 1 aliphatic rings. The number of halogens is 2. The van der Waals surface area contributed by atoms with Gasteiger partial charge in [0, 0.05) is 10.8 Å². The Morgan fingerprint density at radius 1 is 0.955 bits per heavy atom. The highest BCUT2D eigenvalue weighted by atomic mass is 32.1. The zero-order valence-electron chi connectivity index (χ0n) is 12.3. The average molecular weight is 318 g/mol. The first-order chi connectivity index (χ1) is 10.6. The van der Waals surface area contributed by atoms with Crippen LogP contribution in [-0.2, 0) is 0 Å². The molecule has 22 heavy (non-hydrogen) atoms. The highest BCUT2D eigenvalue weighted by molar-refractivity contribution is 7.25. The Hall–Kier alpha value is -1.68. The lowest BCUT2D eigenvalue weighted by Crippen LogP contribution is -2.11. The van der Waals surface area contributed by atoms with Crippen LogP contribution >= 0.6 is 11.3 Å².